The van der Waals surface area contributed by atoms with Crippen LogP contribution >= 0.6 is 23.4 Å². The van der Waals surface area contributed by atoms with Crippen molar-refractivity contribution in [2.75, 3.05) is 12.3 Å². The summed E-state index contributed by atoms with van der Waals surface area (Å²) in [6, 6.07) is 6.19. The lowest BCUT2D eigenvalue weighted by atomic mass is 10.2. The van der Waals surface area contributed by atoms with Crippen LogP contribution in [0.25, 0.3) is 0 Å². The van der Waals surface area contributed by atoms with Gasteiger partial charge in [-0.3, -0.25) is 0 Å². The zero-order valence-electron chi connectivity index (χ0n) is 10.8. The lowest BCUT2D eigenvalue weighted by Crippen LogP contribution is -2.15. The van der Waals surface area contributed by atoms with Crippen molar-refractivity contribution in [3.05, 3.63) is 28.8 Å². The van der Waals surface area contributed by atoms with Gasteiger partial charge >= 0.3 is 0 Å². The van der Waals surface area contributed by atoms with E-state index in [1.165, 1.54) is 29.7 Å². The van der Waals surface area contributed by atoms with Crippen LogP contribution in [0.15, 0.2) is 23.1 Å². The Morgan fingerprint density at radius 2 is 2.06 bits per heavy atom. The van der Waals surface area contributed by atoms with Gasteiger partial charge in [-0.25, -0.2) is 0 Å². The number of thioether (sulfide) groups is 1. The van der Waals surface area contributed by atoms with Crippen molar-refractivity contribution in [3.8, 4) is 0 Å². The number of nitrogens with one attached hydrogen (secondary N) is 1. The molecule has 0 aromatic heterocycles. The highest BCUT2D eigenvalue weighted by Gasteiger charge is 2.06. The van der Waals surface area contributed by atoms with Crippen molar-refractivity contribution in [2.45, 2.75) is 44.6 Å². The van der Waals surface area contributed by atoms with E-state index in [0.717, 1.165) is 23.9 Å². The van der Waals surface area contributed by atoms with Crippen molar-refractivity contribution in [1.29, 1.82) is 0 Å². The lowest BCUT2D eigenvalue weighted by Gasteiger charge is -2.11. The monoisotopic (exact) mass is 271 g/mol. The summed E-state index contributed by atoms with van der Waals surface area (Å²) in [5.41, 5.74) is 1.33. The zero-order valence-corrected chi connectivity index (χ0v) is 12.3. The molecule has 0 aliphatic heterocycles. The molecule has 1 N–H and O–H groups in total. The minimum absolute atomic E-state index is 0.887. The van der Waals surface area contributed by atoms with Crippen LogP contribution in [0.4, 0.5) is 0 Å². The van der Waals surface area contributed by atoms with Crippen molar-refractivity contribution < 1.29 is 0 Å². The summed E-state index contributed by atoms with van der Waals surface area (Å²) >= 11 is 8.12. The third kappa shape index (κ3) is 5.33. The predicted molar refractivity (Wildman–Crippen MR) is 79.1 cm³/mol. The molecule has 1 rings (SSSR count). The summed E-state index contributed by atoms with van der Waals surface area (Å²) in [5, 5.41) is 4.36. The summed E-state index contributed by atoms with van der Waals surface area (Å²) in [6.45, 7) is 6.42. The SMILES string of the molecule is CCCCNCc1cccc(Cl)c1SCCC. The van der Waals surface area contributed by atoms with Gasteiger partial charge in [0.2, 0.25) is 0 Å². The standard InChI is InChI=1S/C14H22ClNS/c1-3-5-9-16-11-12-7-6-8-13(15)14(12)17-10-4-2/h6-8,16H,3-5,9-11H2,1-2H3. The Bertz CT molecular complexity index is 328. The van der Waals surface area contributed by atoms with E-state index in [2.05, 4.69) is 25.2 Å². The first kappa shape index (κ1) is 14.9. The summed E-state index contributed by atoms with van der Waals surface area (Å²) in [7, 11) is 0. The van der Waals surface area contributed by atoms with Gasteiger partial charge in [0, 0.05) is 11.4 Å². The number of hydrogen-bond acceptors (Lipinski definition) is 2. The molecule has 1 nitrogen and oxygen atoms in total. The van der Waals surface area contributed by atoms with Gasteiger partial charge in [-0.15, -0.1) is 11.8 Å². The second-order valence-corrected chi connectivity index (χ2v) is 5.62. The quantitative estimate of drug-likeness (QED) is 0.542. The second kappa shape index (κ2) is 8.84. The van der Waals surface area contributed by atoms with E-state index in [0.29, 0.717) is 0 Å². The lowest BCUT2D eigenvalue weighted by molar-refractivity contribution is 0.637. The number of unbranched alkanes of at least 4 members (excludes halogenated alkanes) is 1. The smallest absolute Gasteiger partial charge is 0.0545 e. The average Bonchev–Trinajstić information content (AvgIpc) is 2.34. The van der Waals surface area contributed by atoms with E-state index < -0.39 is 0 Å². The zero-order chi connectivity index (χ0) is 12.5. The molecule has 0 bridgehead atoms. The van der Waals surface area contributed by atoms with Gasteiger partial charge < -0.3 is 5.32 Å². The van der Waals surface area contributed by atoms with E-state index in [1.54, 1.807) is 0 Å². The van der Waals surface area contributed by atoms with Gasteiger partial charge in [-0.1, -0.05) is 44.0 Å². The van der Waals surface area contributed by atoms with Crippen LogP contribution < -0.4 is 5.32 Å². The van der Waals surface area contributed by atoms with Gasteiger partial charge in [0.15, 0.2) is 0 Å². The van der Waals surface area contributed by atoms with Crippen LogP contribution in [0.5, 0.6) is 0 Å². The Kier molecular flexibility index (Phi) is 7.74. The third-order valence-electron chi connectivity index (χ3n) is 2.52. The Morgan fingerprint density at radius 1 is 1.24 bits per heavy atom. The summed E-state index contributed by atoms with van der Waals surface area (Å²) in [6.07, 6.45) is 3.65. The van der Waals surface area contributed by atoms with E-state index >= 15 is 0 Å². The van der Waals surface area contributed by atoms with E-state index in [9.17, 15) is 0 Å². The molecule has 0 radical (unpaired) electrons. The first-order valence-corrected chi connectivity index (χ1v) is 7.76. The van der Waals surface area contributed by atoms with Gasteiger partial charge in [-0.2, -0.15) is 0 Å². The molecular weight excluding hydrogens is 250 g/mol. The van der Waals surface area contributed by atoms with E-state index in [-0.39, 0.29) is 0 Å². The molecule has 0 aliphatic carbocycles. The van der Waals surface area contributed by atoms with Crippen LogP contribution in [-0.2, 0) is 6.54 Å². The second-order valence-electron chi connectivity index (χ2n) is 4.11. The van der Waals surface area contributed by atoms with Crippen LogP contribution in [0, 0.1) is 0 Å². The van der Waals surface area contributed by atoms with Crippen LogP contribution in [0.1, 0.15) is 38.7 Å². The first-order chi connectivity index (χ1) is 8.29. The molecule has 0 atom stereocenters. The molecule has 0 amide bonds. The molecule has 17 heavy (non-hydrogen) atoms. The van der Waals surface area contributed by atoms with Gasteiger partial charge in [-0.05, 0) is 36.8 Å². The van der Waals surface area contributed by atoms with Gasteiger partial charge in [0.05, 0.1) is 5.02 Å². The van der Waals surface area contributed by atoms with Crippen molar-refractivity contribution >= 4 is 23.4 Å². The van der Waals surface area contributed by atoms with Crippen molar-refractivity contribution in [1.82, 2.24) is 5.32 Å². The summed E-state index contributed by atoms with van der Waals surface area (Å²) < 4.78 is 0. The third-order valence-corrected chi connectivity index (χ3v) is 4.33. The molecule has 0 saturated heterocycles. The number of benzene rings is 1. The number of halogens is 1. The number of hydrogen-bond donors (Lipinski definition) is 1. The van der Waals surface area contributed by atoms with Crippen molar-refractivity contribution in [3.63, 3.8) is 0 Å². The highest BCUT2D eigenvalue weighted by atomic mass is 35.5. The van der Waals surface area contributed by atoms with Crippen LogP contribution in [0.2, 0.25) is 5.02 Å². The predicted octanol–water partition coefficient (Wildman–Crippen LogP) is 4.73. The fourth-order valence-corrected chi connectivity index (χ4v) is 2.88. The minimum atomic E-state index is 0.887. The van der Waals surface area contributed by atoms with Gasteiger partial charge in [0.25, 0.3) is 0 Å². The van der Waals surface area contributed by atoms with E-state index in [1.807, 2.05) is 23.9 Å². The minimum Gasteiger partial charge on any atom is -0.313 e. The molecule has 0 unspecified atom stereocenters. The Morgan fingerprint density at radius 3 is 2.76 bits per heavy atom. The normalized spacial score (nSPS) is 10.8. The fourth-order valence-electron chi connectivity index (χ4n) is 1.58. The summed E-state index contributed by atoms with van der Waals surface area (Å²) in [5.74, 6) is 1.13. The summed E-state index contributed by atoms with van der Waals surface area (Å²) in [4.78, 5) is 1.25. The van der Waals surface area contributed by atoms with E-state index in [4.69, 9.17) is 11.6 Å². The van der Waals surface area contributed by atoms with Crippen LogP contribution in [-0.4, -0.2) is 12.3 Å². The molecule has 0 aliphatic rings. The molecule has 1 aromatic carbocycles. The largest absolute Gasteiger partial charge is 0.313 e. The Hall–Kier alpha value is -0.180. The molecule has 3 heteroatoms. The molecule has 0 heterocycles. The number of rotatable bonds is 8. The molecule has 96 valence electrons. The van der Waals surface area contributed by atoms with Gasteiger partial charge in [0.1, 0.15) is 0 Å². The van der Waals surface area contributed by atoms with Crippen molar-refractivity contribution in [2.24, 2.45) is 0 Å². The maximum atomic E-state index is 6.26. The Balaban J connectivity index is 2.59. The molecule has 0 spiro atoms. The molecular formula is C14H22ClNS. The molecule has 1 aromatic rings. The maximum absolute atomic E-state index is 6.26. The average molecular weight is 272 g/mol. The fraction of sp³-hybridized carbons (Fsp3) is 0.571. The topological polar surface area (TPSA) is 12.0 Å². The highest BCUT2D eigenvalue weighted by molar-refractivity contribution is 7.99. The van der Waals surface area contributed by atoms with Crippen LogP contribution in [0.3, 0.4) is 0 Å². The Labute approximate surface area is 114 Å². The maximum Gasteiger partial charge on any atom is 0.0545 e. The molecule has 0 fully saturated rings. The highest BCUT2D eigenvalue weighted by Crippen LogP contribution is 2.31. The first-order valence-electron chi connectivity index (χ1n) is 6.40. The molecule has 0 saturated carbocycles.